The molecule has 2 nitrogen and oxygen atoms in total. The Morgan fingerprint density at radius 3 is 2.27 bits per heavy atom. The second-order valence-corrected chi connectivity index (χ2v) is 6.48. The van der Waals surface area contributed by atoms with Gasteiger partial charge in [-0.3, -0.25) is 4.79 Å². The predicted molar refractivity (Wildman–Crippen MR) is 97.0 cm³/mol. The number of nitrogens with zero attached hydrogens (tertiary/aromatic N) is 1. The average molecular weight is 357 g/mol. The van der Waals surface area contributed by atoms with Crippen LogP contribution in [0.15, 0.2) is 59.7 Å². The van der Waals surface area contributed by atoms with E-state index in [2.05, 4.69) is 0 Å². The SMILES string of the molecule is Cc1ccc(C)c(-c2cn(C)cc(-c3cccc(C(F)(F)F)c3)c2=O)c1. The van der Waals surface area contributed by atoms with Gasteiger partial charge in [-0.25, -0.2) is 0 Å². The molecule has 0 spiro atoms. The Morgan fingerprint density at radius 2 is 1.58 bits per heavy atom. The van der Waals surface area contributed by atoms with E-state index < -0.39 is 11.7 Å². The molecular formula is C21H18F3NO. The van der Waals surface area contributed by atoms with Crippen molar-refractivity contribution in [3.05, 3.63) is 81.8 Å². The molecule has 0 aliphatic rings. The van der Waals surface area contributed by atoms with Gasteiger partial charge in [-0.15, -0.1) is 0 Å². The van der Waals surface area contributed by atoms with Gasteiger partial charge in [0.15, 0.2) is 5.43 Å². The van der Waals surface area contributed by atoms with E-state index in [1.165, 1.54) is 12.1 Å². The first kappa shape index (κ1) is 18.0. The number of rotatable bonds is 2. The quantitative estimate of drug-likeness (QED) is 0.606. The molecule has 5 heteroatoms. The van der Waals surface area contributed by atoms with Crippen molar-refractivity contribution in [1.82, 2.24) is 4.57 Å². The molecule has 3 aromatic rings. The lowest BCUT2D eigenvalue weighted by molar-refractivity contribution is -0.137. The third-order valence-corrected chi connectivity index (χ3v) is 4.34. The van der Waals surface area contributed by atoms with Crippen LogP contribution in [0.2, 0.25) is 0 Å². The third kappa shape index (κ3) is 3.43. The lowest BCUT2D eigenvalue weighted by Crippen LogP contribution is -2.13. The number of benzene rings is 2. The van der Waals surface area contributed by atoms with Crippen LogP contribution in [0.25, 0.3) is 22.3 Å². The molecule has 3 rings (SSSR count). The van der Waals surface area contributed by atoms with Gasteiger partial charge in [0.2, 0.25) is 0 Å². The van der Waals surface area contributed by atoms with Gasteiger partial charge in [0, 0.05) is 30.6 Å². The average Bonchev–Trinajstić information content (AvgIpc) is 2.58. The maximum Gasteiger partial charge on any atom is 0.416 e. The molecule has 0 aliphatic carbocycles. The molecule has 1 aromatic heterocycles. The normalized spacial score (nSPS) is 11.6. The molecule has 0 saturated heterocycles. The van der Waals surface area contributed by atoms with Gasteiger partial charge in [-0.2, -0.15) is 13.2 Å². The Bertz CT molecular complexity index is 1030. The topological polar surface area (TPSA) is 22.0 Å². The molecule has 0 fully saturated rings. The van der Waals surface area contributed by atoms with E-state index in [-0.39, 0.29) is 16.6 Å². The number of halogens is 3. The number of hydrogen-bond acceptors (Lipinski definition) is 1. The summed E-state index contributed by atoms with van der Waals surface area (Å²) in [6.45, 7) is 3.84. The Morgan fingerprint density at radius 1 is 0.885 bits per heavy atom. The van der Waals surface area contributed by atoms with Gasteiger partial charge >= 0.3 is 6.18 Å². The number of hydrogen-bond donors (Lipinski definition) is 0. The molecule has 2 aromatic carbocycles. The largest absolute Gasteiger partial charge is 0.416 e. The number of pyridine rings is 1. The van der Waals surface area contributed by atoms with Gasteiger partial charge in [-0.1, -0.05) is 35.9 Å². The standard InChI is InChI=1S/C21H18F3NO/c1-13-7-8-14(2)17(9-13)19-12-25(3)11-18(20(19)26)15-5-4-6-16(10-15)21(22,23)24/h4-12H,1-3H3. The predicted octanol–water partition coefficient (Wildman–Crippen LogP) is 5.35. The molecule has 0 saturated carbocycles. The molecule has 26 heavy (non-hydrogen) atoms. The fourth-order valence-electron chi connectivity index (χ4n) is 2.99. The fourth-order valence-corrected chi connectivity index (χ4v) is 2.99. The lowest BCUT2D eigenvalue weighted by atomic mass is 9.96. The van der Waals surface area contributed by atoms with Crippen LogP contribution < -0.4 is 5.43 Å². The minimum absolute atomic E-state index is 0.247. The molecule has 0 atom stereocenters. The van der Waals surface area contributed by atoms with Crippen molar-refractivity contribution in [3.8, 4) is 22.3 Å². The van der Waals surface area contributed by atoms with E-state index in [0.717, 1.165) is 28.8 Å². The molecule has 134 valence electrons. The van der Waals surface area contributed by atoms with E-state index >= 15 is 0 Å². The minimum atomic E-state index is -4.45. The summed E-state index contributed by atoms with van der Waals surface area (Å²) in [6, 6.07) is 10.7. The summed E-state index contributed by atoms with van der Waals surface area (Å²) >= 11 is 0. The smallest absolute Gasteiger partial charge is 0.356 e. The van der Waals surface area contributed by atoms with Crippen molar-refractivity contribution in [2.45, 2.75) is 20.0 Å². The zero-order chi connectivity index (χ0) is 19.1. The van der Waals surface area contributed by atoms with E-state index in [0.29, 0.717) is 5.56 Å². The van der Waals surface area contributed by atoms with Crippen LogP contribution in [0, 0.1) is 13.8 Å². The van der Waals surface area contributed by atoms with E-state index in [1.807, 2.05) is 32.0 Å². The monoisotopic (exact) mass is 357 g/mol. The van der Waals surface area contributed by atoms with Crippen LogP contribution in [0.5, 0.6) is 0 Å². The van der Waals surface area contributed by atoms with Crippen molar-refractivity contribution in [2.75, 3.05) is 0 Å². The number of alkyl halides is 3. The molecule has 0 aliphatic heterocycles. The molecule has 0 radical (unpaired) electrons. The Labute approximate surface area is 149 Å². The van der Waals surface area contributed by atoms with Crippen LogP contribution in [0.4, 0.5) is 13.2 Å². The van der Waals surface area contributed by atoms with Crippen molar-refractivity contribution < 1.29 is 13.2 Å². The summed E-state index contributed by atoms with van der Waals surface area (Å²) in [5, 5.41) is 0. The molecule has 0 unspecified atom stereocenters. The van der Waals surface area contributed by atoms with Crippen LogP contribution in [0.1, 0.15) is 16.7 Å². The highest BCUT2D eigenvalue weighted by molar-refractivity contribution is 5.74. The van der Waals surface area contributed by atoms with E-state index in [1.54, 1.807) is 24.0 Å². The Balaban J connectivity index is 2.24. The van der Waals surface area contributed by atoms with Gasteiger partial charge in [0.1, 0.15) is 0 Å². The first-order valence-corrected chi connectivity index (χ1v) is 8.12. The highest BCUT2D eigenvalue weighted by Gasteiger charge is 2.30. The van der Waals surface area contributed by atoms with Gasteiger partial charge in [-0.05, 0) is 42.7 Å². The van der Waals surface area contributed by atoms with Crippen LogP contribution in [-0.2, 0) is 13.2 Å². The van der Waals surface area contributed by atoms with Crippen molar-refractivity contribution in [1.29, 1.82) is 0 Å². The van der Waals surface area contributed by atoms with E-state index in [9.17, 15) is 18.0 Å². The second kappa shape index (κ2) is 6.48. The summed E-state index contributed by atoms with van der Waals surface area (Å²) in [5.41, 5.74) is 2.67. The van der Waals surface area contributed by atoms with Crippen LogP contribution in [0.3, 0.4) is 0 Å². The van der Waals surface area contributed by atoms with Crippen LogP contribution >= 0.6 is 0 Å². The van der Waals surface area contributed by atoms with Gasteiger partial charge < -0.3 is 4.57 Å². The van der Waals surface area contributed by atoms with Crippen molar-refractivity contribution >= 4 is 0 Å². The first-order valence-electron chi connectivity index (χ1n) is 8.12. The maximum atomic E-state index is 13.1. The molecule has 0 amide bonds. The molecular weight excluding hydrogens is 339 g/mol. The second-order valence-electron chi connectivity index (χ2n) is 6.48. The number of aryl methyl sites for hydroxylation is 3. The Hall–Kier alpha value is -2.82. The van der Waals surface area contributed by atoms with Crippen LogP contribution in [-0.4, -0.2) is 4.57 Å². The van der Waals surface area contributed by atoms with E-state index in [4.69, 9.17) is 0 Å². The highest BCUT2D eigenvalue weighted by Crippen LogP contribution is 2.32. The summed E-state index contributed by atoms with van der Waals surface area (Å²) in [5.74, 6) is 0. The minimum Gasteiger partial charge on any atom is -0.356 e. The maximum absolute atomic E-state index is 13.1. The van der Waals surface area contributed by atoms with Crippen molar-refractivity contribution in [2.24, 2.45) is 7.05 Å². The zero-order valence-corrected chi connectivity index (χ0v) is 14.7. The zero-order valence-electron chi connectivity index (χ0n) is 14.7. The third-order valence-electron chi connectivity index (χ3n) is 4.34. The molecule has 1 heterocycles. The van der Waals surface area contributed by atoms with Gasteiger partial charge in [0.25, 0.3) is 0 Å². The summed E-state index contributed by atoms with van der Waals surface area (Å²) in [6.07, 6.45) is -1.18. The fraction of sp³-hybridized carbons (Fsp3) is 0.190. The van der Waals surface area contributed by atoms with Crippen molar-refractivity contribution in [3.63, 3.8) is 0 Å². The molecule has 0 N–H and O–H groups in total. The molecule has 0 bridgehead atoms. The Kier molecular flexibility index (Phi) is 4.48. The first-order chi connectivity index (χ1) is 12.2. The lowest BCUT2D eigenvalue weighted by Gasteiger charge is -2.13. The summed E-state index contributed by atoms with van der Waals surface area (Å²) in [7, 11) is 1.76. The highest BCUT2D eigenvalue weighted by atomic mass is 19.4. The summed E-state index contributed by atoms with van der Waals surface area (Å²) in [4.78, 5) is 13.1. The summed E-state index contributed by atoms with van der Waals surface area (Å²) < 4.78 is 40.8. The van der Waals surface area contributed by atoms with Gasteiger partial charge in [0.05, 0.1) is 5.56 Å². The number of aromatic nitrogens is 1.